The molecule has 0 saturated heterocycles. The Morgan fingerprint density at radius 3 is 2.45 bits per heavy atom. The highest BCUT2D eigenvalue weighted by Crippen LogP contribution is 2.33. The van der Waals surface area contributed by atoms with Gasteiger partial charge in [-0.2, -0.15) is 0 Å². The number of hydrogen-bond acceptors (Lipinski definition) is 4. The van der Waals surface area contributed by atoms with E-state index in [1.807, 2.05) is 6.07 Å². The second-order valence-corrected chi connectivity index (χ2v) is 6.84. The molecule has 5 nitrogen and oxygen atoms in total. The van der Waals surface area contributed by atoms with E-state index in [9.17, 15) is 8.42 Å². The van der Waals surface area contributed by atoms with Crippen LogP contribution in [0.2, 0.25) is 0 Å². The number of primary sulfonamides is 1. The van der Waals surface area contributed by atoms with Crippen molar-refractivity contribution in [3.63, 3.8) is 0 Å². The molecule has 1 aromatic carbocycles. The summed E-state index contributed by atoms with van der Waals surface area (Å²) in [5.41, 5.74) is 7.10. The first-order valence-corrected chi connectivity index (χ1v) is 8.67. The van der Waals surface area contributed by atoms with Gasteiger partial charge in [-0.3, -0.25) is 0 Å². The molecule has 4 N–H and O–H groups in total. The number of benzene rings is 1. The van der Waals surface area contributed by atoms with Crippen molar-refractivity contribution >= 4 is 21.4 Å². The third-order valence-corrected chi connectivity index (χ3v) is 4.98. The van der Waals surface area contributed by atoms with Gasteiger partial charge >= 0.3 is 0 Å². The molecule has 1 saturated carbocycles. The summed E-state index contributed by atoms with van der Waals surface area (Å²) in [4.78, 5) is 2.23. The first kappa shape index (κ1) is 15.1. The monoisotopic (exact) mass is 297 g/mol. The lowest BCUT2D eigenvalue weighted by Gasteiger charge is -2.36. The van der Waals surface area contributed by atoms with Gasteiger partial charge in [0.05, 0.1) is 11.4 Å². The normalized spacial score (nSPS) is 17.1. The van der Waals surface area contributed by atoms with E-state index in [1.54, 1.807) is 6.07 Å². The Bertz CT molecular complexity index is 566. The van der Waals surface area contributed by atoms with E-state index in [0.29, 0.717) is 6.04 Å². The number of nitrogens with two attached hydrogens (primary N) is 2. The summed E-state index contributed by atoms with van der Waals surface area (Å²) in [5.74, 6) is 0. The van der Waals surface area contributed by atoms with Gasteiger partial charge in [0.1, 0.15) is 4.90 Å². The number of para-hydroxylation sites is 1. The number of nitrogen functional groups attached to an aromatic ring is 1. The zero-order valence-corrected chi connectivity index (χ0v) is 12.7. The van der Waals surface area contributed by atoms with Gasteiger partial charge in [0.25, 0.3) is 0 Å². The molecule has 2 rings (SSSR count). The maximum Gasteiger partial charge on any atom is 0.240 e. The molecule has 6 heteroatoms. The molecule has 1 aliphatic carbocycles. The van der Waals surface area contributed by atoms with E-state index in [0.717, 1.165) is 25.1 Å². The third kappa shape index (κ3) is 3.07. The minimum Gasteiger partial charge on any atom is -0.396 e. The van der Waals surface area contributed by atoms with Crippen LogP contribution in [-0.4, -0.2) is 21.0 Å². The van der Waals surface area contributed by atoms with Crippen LogP contribution < -0.4 is 15.8 Å². The average Bonchev–Trinajstić information content (AvgIpc) is 2.41. The fourth-order valence-electron chi connectivity index (χ4n) is 3.05. The van der Waals surface area contributed by atoms with Crippen LogP contribution in [0.4, 0.5) is 11.4 Å². The molecule has 0 spiro atoms. The number of rotatable bonds is 4. The largest absolute Gasteiger partial charge is 0.396 e. The zero-order chi connectivity index (χ0) is 14.8. The summed E-state index contributed by atoms with van der Waals surface area (Å²) in [6.07, 6.45) is 5.98. The molecule has 1 aliphatic rings. The molecule has 0 atom stereocenters. The Morgan fingerprint density at radius 1 is 1.25 bits per heavy atom. The maximum absolute atomic E-state index is 11.6. The van der Waals surface area contributed by atoms with Crippen molar-refractivity contribution in [1.82, 2.24) is 0 Å². The van der Waals surface area contributed by atoms with Gasteiger partial charge in [-0.25, -0.2) is 13.6 Å². The van der Waals surface area contributed by atoms with Crippen molar-refractivity contribution in [2.24, 2.45) is 5.14 Å². The van der Waals surface area contributed by atoms with E-state index in [4.69, 9.17) is 10.9 Å². The summed E-state index contributed by atoms with van der Waals surface area (Å²) < 4.78 is 23.1. The molecule has 0 aromatic heterocycles. The van der Waals surface area contributed by atoms with Crippen molar-refractivity contribution < 1.29 is 8.42 Å². The standard InChI is InChI=1S/C14H23N3O2S/c1-2-17(11-7-4-3-5-8-11)12-9-6-10-13(14(12)15)20(16,18)19/h6,9-11H,2-5,7-8,15H2,1H3,(H2,16,18,19). The summed E-state index contributed by atoms with van der Waals surface area (Å²) in [5, 5.41) is 5.22. The van der Waals surface area contributed by atoms with Crippen LogP contribution in [0.3, 0.4) is 0 Å². The summed E-state index contributed by atoms with van der Waals surface area (Å²) >= 11 is 0. The Kier molecular flexibility index (Phi) is 4.55. The number of hydrogen-bond donors (Lipinski definition) is 2. The lowest BCUT2D eigenvalue weighted by atomic mass is 9.93. The predicted octanol–water partition coefficient (Wildman–Crippen LogP) is 2.08. The number of sulfonamides is 1. The van der Waals surface area contributed by atoms with E-state index in [-0.39, 0.29) is 10.6 Å². The predicted molar refractivity (Wildman–Crippen MR) is 82.1 cm³/mol. The molecular weight excluding hydrogens is 274 g/mol. The van der Waals surface area contributed by atoms with Crippen molar-refractivity contribution in [2.45, 2.75) is 50.0 Å². The van der Waals surface area contributed by atoms with Crippen LogP contribution in [0.25, 0.3) is 0 Å². The van der Waals surface area contributed by atoms with Gasteiger partial charge in [0, 0.05) is 12.6 Å². The van der Waals surface area contributed by atoms with Gasteiger partial charge in [-0.1, -0.05) is 25.3 Å². The van der Waals surface area contributed by atoms with Gasteiger partial charge in [-0.15, -0.1) is 0 Å². The zero-order valence-electron chi connectivity index (χ0n) is 11.9. The lowest BCUT2D eigenvalue weighted by Crippen LogP contribution is -2.37. The molecule has 0 amide bonds. The van der Waals surface area contributed by atoms with Gasteiger partial charge < -0.3 is 10.6 Å². The highest BCUT2D eigenvalue weighted by Gasteiger charge is 2.24. The second-order valence-electron chi connectivity index (χ2n) is 5.31. The highest BCUT2D eigenvalue weighted by molar-refractivity contribution is 7.89. The topological polar surface area (TPSA) is 89.4 Å². The second kappa shape index (κ2) is 6.01. The van der Waals surface area contributed by atoms with E-state index in [1.165, 1.54) is 25.3 Å². The van der Waals surface area contributed by atoms with E-state index in [2.05, 4.69) is 11.8 Å². The van der Waals surface area contributed by atoms with Crippen LogP contribution in [-0.2, 0) is 10.0 Å². The molecule has 112 valence electrons. The third-order valence-electron chi connectivity index (χ3n) is 4.02. The van der Waals surface area contributed by atoms with Gasteiger partial charge in [0.15, 0.2) is 0 Å². The van der Waals surface area contributed by atoms with E-state index >= 15 is 0 Å². The molecule has 0 aliphatic heterocycles. The van der Waals surface area contributed by atoms with Crippen LogP contribution in [0, 0.1) is 0 Å². The van der Waals surface area contributed by atoms with Crippen molar-refractivity contribution in [2.75, 3.05) is 17.2 Å². The Morgan fingerprint density at radius 2 is 1.90 bits per heavy atom. The van der Waals surface area contributed by atoms with Gasteiger partial charge in [-0.05, 0) is 31.9 Å². The van der Waals surface area contributed by atoms with Crippen LogP contribution in [0.5, 0.6) is 0 Å². The molecular formula is C14H23N3O2S. The Labute approximate surface area is 121 Å². The molecule has 1 aromatic rings. The molecule has 0 bridgehead atoms. The lowest BCUT2D eigenvalue weighted by molar-refractivity contribution is 0.418. The molecule has 1 fully saturated rings. The van der Waals surface area contributed by atoms with Crippen LogP contribution in [0.15, 0.2) is 23.1 Å². The quantitative estimate of drug-likeness (QED) is 0.833. The SMILES string of the molecule is CCN(c1cccc(S(N)(=O)=O)c1N)C1CCCCC1. The molecule has 0 radical (unpaired) electrons. The molecule has 20 heavy (non-hydrogen) atoms. The molecule has 0 unspecified atom stereocenters. The first-order valence-electron chi connectivity index (χ1n) is 7.13. The van der Waals surface area contributed by atoms with Crippen LogP contribution >= 0.6 is 0 Å². The van der Waals surface area contributed by atoms with Gasteiger partial charge in [0.2, 0.25) is 10.0 Å². The van der Waals surface area contributed by atoms with Crippen molar-refractivity contribution in [1.29, 1.82) is 0 Å². The highest BCUT2D eigenvalue weighted by atomic mass is 32.2. The number of nitrogens with zero attached hydrogens (tertiary/aromatic N) is 1. The Balaban J connectivity index is 2.39. The smallest absolute Gasteiger partial charge is 0.240 e. The summed E-state index contributed by atoms with van der Waals surface area (Å²) in [7, 11) is -3.78. The Hall–Kier alpha value is -1.27. The summed E-state index contributed by atoms with van der Waals surface area (Å²) in [6.45, 7) is 2.88. The van der Waals surface area contributed by atoms with Crippen molar-refractivity contribution in [3.8, 4) is 0 Å². The minimum absolute atomic E-state index is 0.0178. The minimum atomic E-state index is -3.78. The van der Waals surface area contributed by atoms with E-state index < -0.39 is 10.0 Å². The maximum atomic E-state index is 11.6. The number of anilines is 2. The van der Waals surface area contributed by atoms with Crippen molar-refractivity contribution in [3.05, 3.63) is 18.2 Å². The van der Waals surface area contributed by atoms with Crippen LogP contribution in [0.1, 0.15) is 39.0 Å². The average molecular weight is 297 g/mol. The fourth-order valence-corrected chi connectivity index (χ4v) is 3.73. The summed E-state index contributed by atoms with van der Waals surface area (Å²) in [6, 6.07) is 5.48. The first-order chi connectivity index (χ1) is 9.45. The fraction of sp³-hybridized carbons (Fsp3) is 0.571. The molecule has 0 heterocycles.